The number of ether oxygens (including phenoxy) is 3. The van der Waals surface area contributed by atoms with Crippen LogP contribution in [0.1, 0.15) is 30.5 Å². The quantitative estimate of drug-likeness (QED) is 0.680. The lowest BCUT2D eigenvalue weighted by Gasteiger charge is -2.13. The summed E-state index contributed by atoms with van der Waals surface area (Å²) in [5, 5.41) is 2.88. The molecule has 0 unspecified atom stereocenters. The minimum Gasteiger partial charge on any atom is -0.493 e. The molecule has 0 spiro atoms. The van der Waals surface area contributed by atoms with Crippen molar-refractivity contribution in [2.45, 2.75) is 33.1 Å². The molecule has 0 aromatic heterocycles. The fraction of sp³-hybridized carbons (Fsp3) is 0.318. The van der Waals surface area contributed by atoms with Crippen LogP contribution < -0.4 is 14.8 Å². The van der Waals surface area contributed by atoms with Gasteiger partial charge in [0.25, 0.3) is 0 Å². The van der Waals surface area contributed by atoms with Gasteiger partial charge in [0, 0.05) is 19.7 Å². The van der Waals surface area contributed by atoms with Crippen molar-refractivity contribution in [1.82, 2.24) is 5.32 Å². The van der Waals surface area contributed by atoms with E-state index in [0.29, 0.717) is 24.7 Å². The predicted molar refractivity (Wildman–Crippen MR) is 107 cm³/mol. The Labute approximate surface area is 161 Å². The summed E-state index contributed by atoms with van der Waals surface area (Å²) >= 11 is 0. The van der Waals surface area contributed by atoms with Gasteiger partial charge in [-0.05, 0) is 48.7 Å². The Hall–Kier alpha value is -2.79. The third-order valence-corrected chi connectivity index (χ3v) is 3.75. The van der Waals surface area contributed by atoms with Crippen LogP contribution in [-0.2, 0) is 22.7 Å². The van der Waals surface area contributed by atoms with E-state index in [9.17, 15) is 4.79 Å². The molecule has 0 saturated heterocycles. The van der Waals surface area contributed by atoms with E-state index in [1.807, 2.05) is 56.3 Å². The van der Waals surface area contributed by atoms with Crippen molar-refractivity contribution < 1.29 is 19.0 Å². The number of carbonyl (C=O) groups is 1. The fourth-order valence-corrected chi connectivity index (χ4v) is 2.56. The maximum absolute atomic E-state index is 12.1. The number of nitrogens with one attached hydrogen (secondary N) is 1. The molecule has 2 aromatic carbocycles. The standard InChI is InChI=1S/C22H27NO4/c1-16(2)27-20-10-8-17(13-21(20)26-4)9-11-22(24)23-14-18-6-5-7-19(12-18)15-25-3/h5-13,16H,14-15H2,1-4H3,(H,23,24)/b11-9+. The molecule has 144 valence electrons. The van der Waals surface area contributed by atoms with E-state index in [1.54, 1.807) is 20.3 Å². The van der Waals surface area contributed by atoms with Crippen molar-refractivity contribution in [1.29, 1.82) is 0 Å². The normalized spacial score (nSPS) is 11.0. The van der Waals surface area contributed by atoms with Gasteiger partial charge in [0.1, 0.15) is 0 Å². The zero-order valence-electron chi connectivity index (χ0n) is 16.3. The van der Waals surface area contributed by atoms with Crippen LogP contribution in [0.4, 0.5) is 0 Å². The second kappa shape index (κ2) is 10.4. The molecule has 27 heavy (non-hydrogen) atoms. The number of hydrogen-bond donors (Lipinski definition) is 1. The summed E-state index contributed by atoms with van der Waals surface area (Å²) < 4.78 is 16.2. The number of hydrogen-bond acceptors (Lipinski definition) is 4. The van der Waals surface area contributed by atoms with Crippen molar-refractivity contribution in [2.75, 3.05) is 14.2 Å². The third-order valence-electron chi connectivity index (χ3n) is 3.75. The van der Waals surface area contributed by atoms with Gasteiger partial charge in [-0.15, -0.1) is 0 Å². The maximum Gasteiger partial charge on any atom is 0.244 e. The van der Waals surface area contributed by atoms with Gasteiger partial charge in [0.05, 0.1) is 19.8 Å². The molecule has 5 nitrogen and oxygen atoms in total. The molecule has 1 N–H and O–H groups in total. The molecular weight excluding hydrogens is 342 g/mol. The zero-order chi connectivity index (χ0) is 19.6. The highest BCUT2D eigenvalue weighted by Gasteiger charge is 2.07. The average molecular weight is 369 g/mol. The first-order valence-electron chi connectivity index (χ1n) is 8.89. The summed E-state index contributed by atoms with van der Waals surface area (Å²) in [4.78, 5) is 12.1. The summed E-state index contributed by atoms with van der Waals surface area (Å²) in [6.45, 7) is 4.94. The van der Waals surface area contributed by atoms with E-state index >= 15 is 0 Å². The molecule has 0 bridgehead atoms. The first-order chi connectivity index (χ1) is 13.0. The van der Waals surface area contributed by atoms with Crippen LogP contribution in [0.2, 0.25) is 0 Å². The van der Waals surface area contributed by atoms with E-state index in [2.05, 4.69) is 5.32 Å². The molecule has 0 heterocycles. The molecule has 0 radical (unpaired) electrons. The van der Waals surface area contributed by atoms with Crippen LogP contribution in [0, 0.1) is 0 Å². The average Bonchev–Trinajstić information content (AvgIpc) is 2.65. The Balaban J connectivity index is 1.95. The Bertz CT molecular complexity index is 784. The van der Waals surface area contributed by atoms with Crippen LogP contribution >= 0.6 is 0 Å². The summed E-state index contributed by atoms with van der Waals surface area (Å²) in [6.07, 6.45) is 3.32. The van der Waals surface area contributed by atoms with E-state index in [-0.39, 0.29) is 12.0 Å². The minimum absolute atomic E-state index is 0.0634. The lowest BCUT2D eigenvalue weighted by Crippen LogP contribution is -2.20. The lowest BCUT2D eigenvalue weighted by molar-refractivity contribution is -0.116. The Morgan fingerprint density at radius 1 is 1.07 bits per heavy atom. The summed E-state index contributed by atoms with van der Waals surface area (Å²) in [6, 6.07) is 13.5. The van der Waals surface area contributed by atoms with Crippen LogP contribution in [0.3, 0.4) is 0 Å². The van der Waals surface area contributed by atoms with Crippen molar-refractivity contribution in [3.63, 3.8) is 0 Å². The zero-order valence-corrected chi connectivity index (χ0v) is 16.3. The fourth-order valence-electron chi connectivity index (χ4n) is 2.56. The molecule has 0 saturated carbocycles. The van der Waals surface area contributed by atoms with E-state index in [0.717, 1.165) is 16.7 Å². The highest BCUT2D eigenvalue weighted by atomic mass is 16.5. The molecule has 2 rings (SSSR count). The number of benzene rings is 2. The SMILES string of the molecule is COCc1cccc(CNC(=O)/C=C/c2ccc(OC(C)C)c(OC)c2)c1. The van der Waals surface area contributed by atoms with Crippen molar-refractivity contribution in [2.24, 2.45) is 0 Å². The number of carbonyl (C=O) groups excluding carboxylic acids is 1. The van der Waals surface area contributed by atoms with E-state index in [1.165, 1.54) is 6.08 Å². The van der Waals surface area contributed by atoms with Crippen molar-refractivity contribution in [3.05, 3.63) is 65.2 Å². The van der Waals surface area contributed by atoms with Crippen LogP contribution in [0.15, 0.2) is 48.5 Å². The van der Waals surface area contributed by atoms with Crippen molar-refractivity contribution in [3.8, 4) is 11.5 Å². The molecular formula is C22H27NO4. The Morgan fingerprint density at radius 2 is 1.85 bits per heavy atom. The number of amides is 1. The molecule has 2 aromatic rings. The van der Waals surface area contributed by atoms with Gasteiger partial charge in [-0.25, -0.2) is 0 Å². The highest BCUT2D eigenvalue weighted by Crippen LogP contribution is 2.29. The van der Waals surface area contributed by atoms with Crippen molar-refractivity contribution >= 4 is 12.0 Å². The highest BCUT2D eigenvalue weighted by molar-refractivity contribution is 5.91. The van der Waals surface area contributed by atoms with E-state index < -0.39 is 0 Å². The Kier molecular flexibility index (Phi) is 7.89. The first-order valence-corrected chi connectivity index (χ1v) is 8.89. The topological polar surface area (TPSA) is 56.8 Å². The second-order valence-electron chi connectivity index (χ2n) is 6.38. The van der Waals surface area contributed by atoms with Gasteiger partial charge in [-0.1, -0.05) is 30.3 Å². The Morgan fingerprint density at radius 3 is 2.56 bits per heavy atom. The third kappa shape index (κ3) is 6.79. The number of methoxy groups -OCH3 is 2. The summed E-state index contributed by atoms with van der Waals surface area (Å²) in [5.41, 5.74) is 2.97. The molecule has 0 atom stereocenters. The smallest absolute Gasteiger partial charge is 0.244 e. The molecule has 0 aliphatic heterocycles. The molecule has 1 amide bonds. The van der Waals surface area contributed by atoms with Crippen LogP contribution in [0.5, 0.6) is 11.5 Å². The minimum atomic E-state index is -0.159. The lowest BCUT2D eigenvalue weighted by atomic mass is 10.1. The van der Waals surface area contributed by atoms with Gasteiger partial charge >= 0.3 is 0 Å². The van der Waals surface area contributed by atoms with Crippen LogP contribution in [0.25, 0.3) is 6.08 Å². The largest absolute Gasteiger partial charge is 0.493 e. The van der Waals surface area contributed by atoms with E-state index in [4.69, 9.17) is 14.2 Å². The first kappa shape index (κ1) is 20.5. The summed E-state index contributed by atoms with van der Waals surface area (Å²) in [7, 11) is 3.26. The second-order valence-corrected chi connectivity index (χ2v) is 6.38. The monoisotopic (exact) mass is 369 g/mol. The number of rotatable bonds is 9. The van der Waals surface area contributed by atoms with Gasteiger partial charge in [-0.2, -0.15) is 0 Å². The summed E-state index contributed by atoms with van der Waals surface area (Å²) in [5.74, 6) is 1.17. The molecule has 0 aliphatic carbocycles. The van der Waals surface area contributed by atoms with Gasteiger partial charge < -0.3 is 19.5 Å². The van der Waals surface area contributed by atoms with Crippen LogP contribution in [-0.4, -0.2) is 26.2 Å². The van der Waals surface area contributed by atoms with Gasteiger partial charge in [-0.3, -0.25) is 4.79 Å². The van der Waals surface area contributed by atoms with Gasteiger partial charge in [0.15, 0.2) is 11.5 Å². The molecule has 0 aliphatic rings. The molecule has 5 heteroatoms. The predicted octanol–water partition coefficient (Wildman–Crippen LogP) is 3.96. The van der Waals surface area contributed by atoms with Gasteiger partial charge in [0.2, 0.25) is 5.91 Å². The molecule has 0 fully saturated rings. The maximum atomic E-state index is 12.1.